The molecule has 7 rings (SSSR count). The van der Waals surface area contributed by atoms with Crippen LogP contribution in [0, 0.1) is 23.6 Å². The highest BCUT2D eigenvalue weighted by atomic mass is 32.2. The van der Waals surface area contributed by atoms with Crippen LogP contribution in [0.25, 0.3) is 10.8 Å². The molecule has 2 saturated carbocycles. The van der Waals surface area contributed by atoms with Crippen molar-refractivity contribution in [2.75, 3.05) is 44.9 Å². The number of morpholine rings is 1. The van der Waals surface area contributed by atoms with Crippen LogP contribution in [0.4, 0.5) is 10.1 Å². The summed E-state index contributed by atoms with van der Waals surface area (Å²) in [4.78, 5) is 50.3. The number of ether oxygens (including phenoxy) is 3. The fraction of sp³-hybridized carbons (Fsp3) is 0.632. The van der Waals surface area contributed by atoms with E-state index in [1.165, 1.54) is 18.1 Å². The van der Waals surface area contributed by atoms with Gasteiger partial charge in [-0.05, 0) is 69.4 Å². The van der Waals surface area contributed by atoms with E-state index in [2.05, 4.69) is 26.8 Å². The van der Waals surface area contributed by atoms with E-state index >= 15 is 4.39 Å². The lowest BCUT2D eigenvalue weighted by molar-refractivity contribution is -0.140. The molecule has 4 heterocycles. The monoisotopic (exact) mass is 755 g/mol. The second-order valence-electron chi connectivity index (χ2n) is 15.9. The Kier molecular flexibility index (Phi) is 10.1. The quantitative estimate of drug-likeness (QED) is 0.399. The van der Waals surface area contributed by atoms with Crippen molar-refractivity contribution in [3.63, 3.8) is 0 Å². The Labute approximate surface area is 310 Å². The van der Waals surface area contributed by atoms with Gasteiger partial charge in [0.1, 0.15) is 17.7 Å². The summed E-state index contributed by atoms with van der Waals surface area (Å²) in [5, 5.41) is 4.01. The molecule has 4 fully saturated rings. The van der Waals surface area contributed by atoms with E-state index in [0.717, 1.165) is 24.9 Å². The normalized spacial score (nSPS) is 31.0. The fourth-order valence-electron chi connectivity index (χ4n) is 8.08. The fourth-order valence-corrected chi connectivity index (χ4v) is 9.40. The lowest BCUT2D eigenvalue weighted by atomic mass is 9.91. The summed E-state index contributed by atoms with van der Waals surface area (Å²) in [6.45, 7) is 8.20. The van der Waals surface area contributed by atoms with E-state index in [1.54, 1.807) is 19.2 Å². The number of fused-ring (bicyclic) bond motifs is 3. The average Bonchev–Trinajstić information content (AvgIpc) is 4.00. The third-order valence-corrected chi connectivity index (χ3v) is 13.9. The highest BCUT2D eigenvalue weighted by Crippen LogP contribution is 2.48. The molecular formula is C38H50FN5O8S. The van der Waals surface area contributed by atoms with Crippen LogP contribution in [0.5, 0.6) is 11.6 Å². The van der Waals surface area contributed by atoms with E-state index in [4.69, 9.17) is 14.2 Å². The van der Waals surface area contributed by atoms with Crippen molar-refractivity contribution in [1.29, 1.82) is 0 Å². The molecule has 0 unspecified atom stereocenters. The number of carbonyl (C=O) groups excluding carboxylic acids is 3. The highest BCUT2D eigenvalue weighted by molar-refractivity contribution is 7.91. The number of nitrogens with one attached hydrogen (secondary N) is 2. The number of amides is 3. The van der Waals surface area contributed by atoms with Crippen molar-refractivity contribution in [2.45, 2.75) is 94.6 Å². The molecule has 0 spiro atoms. The summed E-state index contributed by atoms with van der Waals surface area (Å²) < 4.78 is 60.0. The number of nitrogens with zero attached hydrogens (tertiary/aromatic N) is 3. The summed E-state index contributed by atoms with van der Waals surface area (Å²) in [6, 6.07) is 1.95. The molecule has 2 aromatic rings. The van der Waals surface area contributed by atoms with Crippen LogP contribution in [-0.4, -0.2) is 98.4 Å². The smallest absolute Gasteiger partial charge is 0.259 e. The van der Waals surface area contributed by atoms with E-state index in [1.807, 2.05) is 19.1 Å². The van der Waals surface area contributed by atoms with E-state index in [9.17, 15) is 22.8 Å². The van der Waals surface area contributed by atoms with Crippen LogP contribution >= 0.6 is 0 Å². The lowest BCUT2D eigenvalue weighted by Gasteiger charge is -2.30. The molecule has 53 heavy (non-hydrogen) atoms. The molecule has 2 saturated heterocycles. The van der Waals surface area contributed by atoms with Gasteiger partial charge >= 0.3 is 0 Å². The molecule has 3 aliphatic heterocycles. The Bertz CT molecular complexity index is 1910. The number of anilines is 1. The maximum Gasteiger partial charge on any atom is 0.259 e. The Hall–Kier alpha value is -3.98. The molecule has 1 aromatic carbocycles. The van der Waals surface area contributed by atoms with Crippen LogP contribution in [0.1, 0.15) is 72.1 Å². The summed E-state index contributed by atoms with van der Waals surface area (Å²) in [6.07, 6.45) is 8.83. The van der Waals surface area contributed by atoms with Gasteiger partial charge in [-0.1, -0.05) is 26.0 Å². The number of allylic oxidation sites excluding steroid dienone is 1. The number of carbonyl (C=O) groups is 3. The first kappa shape index (κ1) is 37.3. The van der Waals surface area contributed by atoms with Gasteiger partial charge in [-0.15, -0.1) is 0 Å². The maximum absolute atomic E-state index is 15.2. The standard InChI is InChI=1S/C38H50FN5O8S/c1-23-7-5-6-8-25-20-38(25,36(47)42-53(48,49)37(3)9-10-37)41-34(46)30-17-26(22-44(30)33(45)16-24(2)15-23)52-35-28-18-29(39)32(50-4)19-27(28)31(21-40-35)43-11-13-51-14-12-43/h6,8,18-19,21,23-26,30H,5,7,9-17,20,22H2,1-4H3,(H,41,46)(H,42,47)/b8-6-/t23-,24-,25-,26-,30+,38-/m1/s1. The predicted molar refractivity (Wildman–Crippen MR) is 195 cm³/mol. The molecular weight excluding hydrogens is 706 g/mol. The van der Waals surface area contributed by atoms with Gasteiger partial charge in [0.05, 0.1) is 43.5 Å². The Morgan fingerprint density at radius 3 is 2.58 bits per heavy atom. The first-order chi connectivity index (χ1) is 25.2. The second-order valence-corrected chi connectivity index (χ2v) is 18.1. The van der Waals surface area contributed by atoms with Crippen molar-refractivity contribution >= 4 is 44.2 Å². The van der Waals surface area contributed by atoms with Gasteiger partial charge in [0, 0.05) is 42.6 Å². The molecule has 3 amide bonds. The number of benzene rings is 1. The van der Waals surface area contributed by atoms with Gasteiger partial charge in [-0.25, -0.2) is 17.8 Å². The van der Waals surface area contributed by atoms with Gasteiger partial charge in [0.15, 0.2) is 11.6 Å². The Balaban J connectivity index is 1.18. The zero-order chi connectivity index (χ0) is 37.7. The van der Waals surface area contributed by atoms with Gasteiger partial charge in [0.25, 0.3) is 5.91 Å². The van der Waals surface area contributed by atoms with Crippen molar-refractivity contribution < 1.29 is 41.4 Å². The molecule has 5 aliphatic rings. The van der Waals surface area contributed by atoms with Crippen molar-refractivity contribution in [2.24, 2.45) is 17.8 Å². The van der Waals surface area contributed by atoms with Crippen LogP contribution in [0.15, 0.2) is 30.5 Å². The summed E-state index contributed by atoms with van der Waals surface area (Å²) in [5.41, 5.74) is -0.692. The zero-order valence-corrected chi connectivity index (χ0v) is 31.7. The summed E-state index contributed by atoms with van der Waals surface area (Å²) >= 11 is 0. The molecule has 288 valence electrons. The summed E-state index contributed by atoms with van der Waals surface area (Å²) in [5.74, 6) is -1.89. The van der Waals surface area contributed by atoms with Crippen molar-refractivity contribution in [1.82, 2.24) is 19.9 Å². The van der Waals surface area contributed by atoms with E-state index in [0.29, 0.717) is 55.8 Å². The topological polar surface area (TPSA) is 156 Å². The third-order valence-electron chi connectivity index (χ3n) is 11.7. The second kappa shape index (κ2) is 14.3. The molecule has 2 aliphatic carbocycles. The first-order valence-corrected chi connectivity index (χ1v) is 20.2. The number of rotatable bonds is 7. The Morgan fingerprint density at radius 1 is 1.11 bits per heavy atom. The van der Waals surface area contributed by atoms with Crippen LogP contribution < -0.4 is 24.4 Å². The third kappa shape index (κ3) is 7.43. The minimum absolute atomic E-state index is 0.0612. The molecule has 13 nitrogen and oxygen atoms in total. The average molecular weight is 756 g/mol. The van der Waals surface area contributed by atoms with Crippen molar-refractivity contribution in [3.05, 3.63) is 36.3 Å². The zero-order valence-electron chi connectivity index (χ0n) is 30.9. The number of aromatic nitrogens is 1. The summed E-state index contributed by atoms with van der Waals surface area (Å²) in [7, 11) is -2.56. The number of hydrogen-bond acceptors (Lipinski definition) is 10. The van der Waals surface area contributed by atoms with E-state index in [-0.39, 0.29) is 49.3 Å². The molecule has 0 bridgehead atoms. The van der Waals surface area contributed by atoms with Gasteiger partial charge in [0.2, 0.25) is 27.7 Å². The van der Waals surface area contributed by atoms with Gasteiger partial charge < -0.3 is 29.3 Å². The van der Waals surface area contributed by atoms with Gasteiger partial charge in [-0.2, -0.15) is 0 Å². The van der Waals surface area contributed by atoms with Gasteiger partial charge in [-0.3, -0.25) is 19.1 Å². The Morgan fingerprint density at radius 2 is 1.87 bits per heavy atom. The van der Waals surface area contributed by atoms with Crippen LogP contribution in [-0.2, 0) is 29.1 Å². The number of halogens is 1. The number of sulfonamides is 1. The molecule has 1 aromatic heterocycles. The maximum atomic E-state index is 15.2. The SMILES string of the molecule is COc1cc2c(N3CCOCC3)cnc(O[C@@H]3C[C@H]4C(=O)N[C@]5(C(=O)NS(=O)(=O)C6(C)CC6)C[C@H]5/C=C\CC[C@@H](C)C[C@@H](C)CC(=O)N4C3)c2cc1F. The predicted octanol–water partition coefficient (Wildman–Crippen LogP) is 3.84. The molecule has 2 N–H and O–H groups in total. The van der Waals surface area contributed by atoms with E-state index < -0.39 is 56.0 Å². The highest BCUT2D eigenvalue weighted by Gasteiger charge is 2.63. The van der Waals surface area contributed by atoms with Crippen LogP contribution in [0.3, 0.4) is 0 Å². The molecule has 15 heteroatoms. The van der Waals surface area contributed by atoms with Crippen molar-refractivity contribution in [3.8, 4) is 11.6 Å². The molecule has 0 radical (unpaired) electrons. The largest absolute Gasteiger partial charge is 0.494 e. The lowest BCUT2D eigenvalue weighted by Crippen LogP contribution is -2.57. The minimum Gasteiger partial charge on any atom is -0.494 e. The number of hydrogen-bond donors (Lipinski definition) is 2. The number of pyridine rings is 1. The molecule has 6 atom stereocenters. The first-order valence-electron chi connectivity index (χ1n) is 18.7. The minimum atomic E-state index is -3.96. The van der Waals surface area contributed by atoms with Crippen LogP contribution in [0.2, 0.25) is 0 Å². The number of methoxy groups -OCH3 is 1.